The molecule has 52 heavy (non-hydrogen) atoms. The summed E-state index contributed by atoms with van der Waals surface area (Å²) >= 11 is 1.38. The van der Waals surface area contributed by atoms with Crippen molar-refractivity contribution in [2.24, 2.45) is 5.92 Å². The molecule has 7 aromatic rings. The highest BCUT2D eigenvalue weighted by Crippen LogP contribution is 2.45. The van der Waals surface area contributed by atoms with Crippen LogP contribution < -0.4 is 10.2 Å². The van der Waals surface area contributed by atoms with Crippen molar-refractivity contribution in [1.82, 2.24) is 19.7 Å². The van der Waals surface area contributed by atoms with Crippen LogP contribution in [0.2, 0.25) is 0 Å². The first-order valence-electron chi connectivity index (χ1n) is 17.0. The largest absolute Gasteiger partial charge is 0.435 e. The van der Waals surface area contributed by atoms with E-state index in [1.54, 1.807) is 30.6 Å². The minimum absolute atomic E-state index is 0.0334. The lowest BCUT2D eigenvalue weighted by Crippen LogP contribution is -2.38. The first-order valence-corrected chi connectivity index (χ1v) is 17.9. The van der Waals surface area contributed by atoms with Crippen molar-refractivity contribution in [1.29, 1.82) is 0 Å². The number of nitrogens with zero attached hydrogens (tertiary/aromatic N) is 5. The third-order valence-corrected chi connectivity index (χ3v) is 10.5. The number of thiazole rings is 1. The van der Waals surface area contributed by atoms with E-state index >= 15 is 13.2 Å². The number of aromatic nitrogens is 4. The lowest BCUT2D eigenvalue weighted by Gasteiger charge is -2.36. The van der Waals surface area contributed by atoms with Gasteiger partial charge in [0.15, 0.2) is 10.8 Å². The van der Waals surface area contributed by atoms with Gasteiger partial charge in [-0.15, -0.1) is 11.3 Å². The summed E-state index contributed by atoms with van der Waals surface area (Å²) in [5.41, 5.74) is 1.97. The Balaban J connectivity index is 1.23. The van der Waals surface area contributed by atoms with Gasteiger partial charge in [0.25, 0.3) is 0 Å². The summed E-state index contributed by atoms with van der Waals surface area (Å²) in [6.07, 6.45) is 1.41. The summed E-state index contributed by atoms with van der Waals surface area (Å²) < 4.78 is 46.8. The molecule has 0 spiro atoms. The highest BCUT2D eigenvalue weighted by atomic mass is 32.1. The fourth-order valence-electron chi connectivity index (χ4n) is 7.35. The van der Waals surface area contributed by atoms with Crippen LogP contribution in [0.3, 0.4) is 0 Å². The molecule has 0 saturated carbocycles. The van der Waals surface area contributed by atoms with E-state index in [4.69, 9.17) is 0 Å². The molecule has 11 heteroatoms. The van der Waals surface area contributed by atoms with Gasteiger partial charge in [-0.1, -0.05) is 97.1 Å². The van der Waals surface area contributed by atoms with E-state index in [1.165, 1.54) is 22.2 Å². The molecule has 0 radical (unpaired) electrons. The molecule has 8 rings (SSSR count). The van der Waals surface area contributed by atoms with Crippen LogP contribution in [0, 0.1) is 5.92 Å². The smallest absolute Gasteiger partial charge is 0.371 e. The number of halogens is 3. The van der Waals surface area contributed by atoms with Crippen molar-refractivity contribution in [2.45, 2.75) is 24.6 Å². The zero-order valence-electron chi connectivity index (χ0n) is 27.9. The summed E-state index contributed by atoms with van der Waals surface area (Å²) in [5.74, 6) is -0.214. The van der Waals surface area contributed by atoms with E-state index in [2.05, 4.69) is 25.3 Å². The maximum absolute atomic E-state index is 15.1. The standard InChI is InChI=1S/C41H33F3N6OS/c42-41(43,44)37-34(27-50(48-37)40(30-10-4-1-5-11-30,31-12-6-2-7-13-31)32-14-8-3-9-15-32)29-16-17-35-33(26-29)36(18-21-45-35)49-23-19-28(20-24-49)38(51)47-39-46-22-25-52-39/h1-18,21-22,25-28H,19-20,23-24H2,(H,46,47,51). The topological polar surface area (TPSA) is 75.9 Å². The molecule has 0 unspecified atom stereocenters. The van der Waals surface area contributed by atoms with Crippen LogP contribution in [0.5, 0.6) is 0 Å². The van der Waals surface area contributed by atoms with E-state index < -0.39 is 17.4 Å². The molecular formula is C41H33F3N6OS. The quantitative estimate of drug-likeness (QED) is 0.159. The number of carbonyl (C=O) groups excluding carboxylic acids is 1. The second-order valence-electron chi connectivity index (χ2n) is 12.8. The van der Waals surface area contributed by atoms with Crippen LogP contribution in [-0.4, -0.2) is 38.7 Å². The fourth-order valence-corrected chi connectivity index (χ4v) is 7.88. The SMILES string of the molecule is O=C(Nc1nccs1)C1CCN(c2ccnc3ccc(-c4cn(C(c5ccccc5)(c5ccccc5)c5ccccc5)nc4C(F)(F)F)cc23)CC1. The minimum atomic E-state index is -4.75. The Morgan fingerprint density at radius 2 is 1.38 bits per heavy atom. The molecule has 1 N–H and O–H groups in total. The van der Waals surface area contributed by atoms with Gasteiger partial charge >= 0.3 is 6.18 Å². The Labute approximate surface area is 302 Å². The van der Waals surface area contributed by atoms with Crippen molar-refractivity contribution in [3.63, 3.8) is 0 Å². The Morgan fingerprint density at radius 1 is 0.769 bits per heavy atom. The Hall–Kier alpha value is -5.81. The fraction of sp³-hybridized carbons (Fsp3) is 0.171. The van der Waals surface area contributed by atoms with Crippen molar-refractivity contribution in [2.75, 3.05) is 23.3 Å². The molecule has 3 aromatic heterocycles. The Morgan fingerprint density at radius 3 is 1.94 bits per heavy atom. The first kappa shape index (κ1) is 33.3. The number of nitrogens with one attached hydrogen (secondary N) is 1. The molecule has 1 saturated heterocycles. The summed E-state index contributed by atoms with van der Waals surface area (Å²) in [6, 6.07) is 35.7. The van der Waals surface area contributed by atoms with E-state index in [0.717, 1.165) is 27.8 Å². The molecule has 1 amide bonds. The van der Waals surface area contributed by atoms with Gasteiger partial charge in [-0.3, -0.25) is 14.5 Å². The van der Waals surface area contributed by atoms with Crippen molar-refractivity contribution < 1.29 is 18.0 Å². The number of fused-ring (bicyclic) bond motifs is 1. The average Bonchev–Trinajstić information content (AvgIpc) is 3.88. The summed E-state index contributed by atoms with van der Waals surface area (Å²) in [7, 11) is 0. The first-order chi connectivity index (χ1) is 25.3. The molecule has 1 aliphatic heterocycles. The summed E-state index contributed by atoms with van der Waals surface area (Å²) in [4.78, 5) is 23.8. The number of benzene rings is 4. The predicted molar refractivity (Wildman–Crippen MR) is 198 cm³/mol. The van der Waals surface area contributed by atoms with E-state index in [0.29, 0.717) is 42.1 Å². The van der Waals surface area contributed by atoms with Gasteiger partial charge < -0.3 is 10.2 Å². The zero-order chi connectivity index (χ0) is 35.7. The molecule has 1 fully saturated rings. The van der Waals surface area contributed by atoms with E-state index in [9.17, 15) is 4.79 Å². The maximum atomic E-state index is 15.1. The van der Waals surface area contributed by atoms with Crippen molar-refractivity contribution in [3.8, 4) is 11.1 Å². The van der Waals surface area contributed by atoms with Gasteiger partial charge in [0.2, 0.25) is 5.91 Å². The van der Waals surface area contributed by atoms with Crippen LogP contribution >= 0.6 is 11.3 Å². The van der Waals surface area contributed by atoms with Gasteiger partial charge in [-0.05, 0) is 53.3 Å². The highest BCUT2D eigenvalue weighted by molar-refractivity contribution is 7.13. The number of alkyl halides is 3. The van der Waals surface area contributed by atoms with Crippen LogP contribution in [0.1, 0.15) is 35.2 Å². The van der Waals surface area contributed by atoms with Gasteiger partial charge in [-0.25, -0.2) is 4.98 Å². The third kappa shape index (κ3) is 6.11. The number of carbonyl (C=O) groups is 1. The number of hydrogen-bond acceptors (Lipinski definition) is 6. The molecule has 1 aliphatic rings. The minimum Gasteiger partial charge on any atom is -0.371 e. The van der Waals surface area contributed by atoms with Gasteiger partial charge in [0.05, 0.1) is 5.52 Å². The molecule has 0 aliphatic carbocycles. The third-order valence-electron chi connectivity index (χ3n) is 9.80. The lowest BCUT2D eigenvalue weighted by molar-refractivity contribution is -0.141. The molecular weight excluding hydrogens is 682 g/mol. The number of anilines is 2. The number of hydrogen-bond donors (Lipinski definition) is 1. The summed E-state index contributed by atoms with van der Waals surface area (Å²) in [6.45, 7) is 1.22. The maximum Gasteiger partial charge on any atom is 0.435 e. The van der Waals surface area contributed by atoms with Crippen molar-refractivity contribution >= 4 is 39.0 Å². The van der Waals surface area contributed by atoms with E-state index in [1.807, 2.05) is 102 Å². The Kier molecular flexibility index (Phi) is 8.80. The number of pyridine rings is 1. The van der Waals surface area contributed by atoms with Crippen LogP contribution in [0.4, 0.5) is 24.0 Å². The molecule has 260 valence electrons. The second-order valence-corrected chi connectivity index (χ2v) is 13.7. The molecule has 7 nitrogen and oxygen atoms in total. The summed E-state index contributed by atoms with van der Waals surface area (Å²) in [5, 5.41) is 10.5. The second kappa shape index (κ2) is 13.7. The number of piperidine rings is 1. The normalized spacial score (nSPS) is 14.1. The Bertz CT molecular complexity index is 2210. The zero-order valence-corrected chi connectivity index (χ0v) is 28.7. The van der Waals surface area contributed by atoms with Crippen LogP contribution in [-0.2, 0) is 16.5 Å². The molecule has 4 aromatic carbocycles. The van der Waals surface area contributed by atoms with Crippen LogP contribution in [0.25, 0.3) is 22.0 Å². The molecule has 0 bridgehead atoms. The number of rotatable bonds is 8. The van der Waals surface area contributed by atoms with Gasteiger partial charge in [0, 0.05) is 59.6 Å². The van der Waals surface area contributed by atoms with Gasteiger partial charge in [-0.2, -0.15) is 18.3 Å². The monoisotopic (exact) mass is 714 g/mol. The van der Waals surface area contributed by atoms with Crippen LogP contribution in [0.15, 0.2) is 139 Å². The van der Waals surface area contributed by atoms with E-state index in [-0.39, 0.29) is 17.4 Å². The average molecular weight is 715 g/mol. The lowest BCUT2D eigenvalue weighted by atomic mass is 9.77. The van der Waals surface area contributed by atoms with Crippen molar-refractivity contribution in [3.05, 3.63) is 162 Å². The van der Waals surface area contributed by atoms with Gasteiger partial charge in [0.1, 0.15) is 5.54 Å². The predicted octanol–water partition coefficient (Wildman–Crippen LogP) is 9.27. The number of amides is 1. The molecule has 0 atom stereocenters. The molecule has 4 heterocycles. The highest BCUT2D eigenvalue weighted by Gasteiger charge is 2.44.